The van der Waals surface area contributed by atoms with Gasteiger partial charge in [0, 0.05) is 12.1 Å². The third-order valence-electron chi connectivity index (χ3n) is 3.25. The number of pyridine rings is 1. The Labute approximate surface area is 116 Å². The van der Waals surface area contributed by atoms with Gasteiger partial charge in [0.1, 0.15) is 4.90 Å². The van der Waals surface area contributed by atoms with Crippen molar-refractivity contribution in [1.82, 2.24) is 9.71 Å². The summed E-state index contributed by atoms with van der Waals surface area (Å²) in [5.74, 6) is -0.415. The Morgan fingerprint density at radius 1 is 1.35 bits per heavy atom. The van der Waals surface area contributed by atoms with Crippen LogP contribution >= 0.6 is 0 Å². The molecular formula is C11H15N3O5S. The Balaban J connectivity index is 2.15. The van der Waals surface area contributed by atoms with Crippen molar-refractivity contribution >= 4 is 15.8 Å². The molecule has 2 unspecified atom stereocenters. The highest BCUT2D eigenvalue weighted by Gasteiger charge is 2.28. The minimum absolute atomic E-state index is 0.152. The number of aliphatic hydroxyl groups is 1. The molecule has 0 spiro atoms. The number of sulfonamides is 1. The number of aromatic nitrogens is 1. The van der Waals surface area contributed by atoms with Crippen molar-refractivity contribution in [2.75, 3.05) is 0 Å². The third-order valence-corrected chi connectivity index (χ3v) is 4.73. The summed E-state index contributed by atoms with van der Waals surface area (Å²) in [6.45, 7) is 0. The molecule has 0 aliphatic heterocycles. The minimum Gasteiger partial charge on any atom is -0.391 e. The molecule has 2 atom stereocenters. The van der Waals surface area contributed by atoms with E-state index in [-0.39, 0.29) is 4.90 Å². The second kappa shape index (κ2) is 5.81. The SMILES string of the molecule is O=[N+]([O-])c1ccc(S(=O)(=O)NC2CCCCC2O)cn1. The number of nitrogens with one attached hydrogen (secondary N) is 1. The van der Waals surface area contributed by atoms with Crippen molar-refractivity contribution in [3.63, 3.8) is 0 Å². The van der Waals surface area contributed by atoms with Gasteiger partial charge in [-0.3, -0.25) is 0 Å². The van der Waals surface area contributed by atoms with Crippen LogP contribution < -0.4 is 4.72 Å². The van der Waals surface area contributed by atoms with Crippen LogP contribution in [0.25, 0.3) is 0 Å². The monoisotopic (exact) mass is 301 g/mol. The van der Waals surface area contributed by atoms with Crippen LogP contribution in [0.2, 0.25) is 0 Å². The largest absolute Gasteiger partial charge is 0.391 e. The van der Waals surface area contributed by atoms with Gasteiger partial charge in [-0.05, 0) is 28.8 Å². The van der Waals surface area contributed by atoms with Crippen molar-refractivity contribution in [2.45, 2.75) is 42.7 Å². The van der Waals surface area contributed by atoms with E-state index in [1.807, 2.05) is 0 Å². The second-order valence-electron chi connectivity index (χ2n) is 4.69. The Hall–Kier alpha value is -1.58. The topological polar surface area (TPSA) is 122 Å². The molecule has 0 bridgehead atoms. The van der Waals surface area contributed by atoms with Gasteiger partial charge in [0.05, 0.1) is 6.10 Å². The number of rotatable bonds is 4. The lowest BCUT2D eigenvalue weighted by molar-refractivity contribution is -0.389. The first-order chi connectivity index (χ1) is 9.40. The molecule has 2 N–H and O–H groups in total. The fourth-order valence-corrected chi connectivity index (χ4v) is 3.40. The van der Waals surface area contributed by atoms with Gasteiger partial charge < -0.3 is 15.2 Å². The number of hydrogen-bond donors (Lipinski definition) is 2. The lowest BCUT2D eigenvalue weighted by atomic mass is 9.93. The number of nitro groups is 1. The second-order valence-corrected chi connectivity index (χ2v) is 6.40. The van der Waals surface area contributed by atoms with E-state index in [2.05, 4.69) is 9.71 Å². The van der Waals surface area contributed by atoms with Crippen LogP contribution in [0.5, 0.6) is 0 Å². The van der Waals surface area contributed by atoms with Crippen molar-refractivity contribution < 1.29 is 18.4 Å². The molecule has 1 heterocycles. The van der Waals surface area contributed by atoms with Crippen molar-refractivity contribution in [2.24, 2.45) is 0 Å². The smallest absolute Gasteiger partial charge is 0.363 e. The standard InChI is InChI=1S/C11H15N3O5S/c15-10-4-2-1-3-9(10)13-20(18,19)8-5-6-11(12-7-8)14(16)17/h5-7,9-10,13,15H,1-4H2. The predicted octanol–water partition coefficient (Wildman–Crippen LogP) is 0.572. The number of hydrogen-bond acceptors (Lipinski definition) is 6. The molecule has 0 amide bonds. The van der Waals surface area contributed by atoms with Crippen LogP contribution in [0.3, 0.4) is 0 Å². The van der Waals surface area contributed by atoms with Gasteiger partial charge in [0.15, 0.2) is 6.20 Å². The molecule has 110 valence electrons. The third kappa shape index (κ3) is 3.30. The first-order valence-electron chi connectivity index (χ1n) is 6.21. The molecule has 8 nitrogen and oxygen atoms in total. The van der Waals surface area contributed by atoms with Gasteiger partial charge in [-0.15, -0.1) is 0 Å². The Kier molecular flexibility index (Phi) is 4.31. The summed E-state index contributed by atoms with van der Waals surface area (Å²) in [5.41, 5.74) is 0. The summed E-state index contributed by atoms with van der Waals surface area (Å²) in [5, 5.41) is 20.2. The molecule has 1 aliphatic rings. The van der Waals surface area contributed by atoms with Crippen LogP contribution in [0, 0.1) is 10.1 Å². The molecular weight excluding hydrogens is 286 g/mol. The van der Waals surface area contributed by atoms with Gasteiger partial charge >= 0.3 is 5.82 Å². The maximum atomic E-state index is 12.1. The molecule has 1 aromatic heterocycles. The van der Waals surface area contributed by atoms with Crippen LogP contribution in [-0.4, -0.2) is 35.6 Å². The zero-order chi connectivity index (χ0) is 14.8. The summed E-state index contributed by atoms with van der Waals surface area (Å²) in [6, 6.07) is 1.64. The maximum Gasteiger partial charge on any atom is 0.363 e. The summed E-state index contributed by atoms with van der Waals surface area (Å²) >= 11 is 0. The maximum absolute atomic E-state index is 12.1. The summed E-state index contributed by atoms with van der Waals surface area (Å²) in [7, 11) is -3.83. The van der Waals surface area contributed by atoms with Crippen molar-refractivity contribution in [1.29, 1.82) is 0 Å². The Morgan fingerprint density at radius 2 is 2.05 bits per heavy atom. The molecule has 1 aromatic rings. The first-order valence-corrected chi connectivity index (χ1v) is 7.69. The van der Waals surface area contributed by atoms with Gasteiger partial charge in [-0.2, -0.15) is 0 Å². The Morgan fingerprint density at radius 3 is 2.60 bits per heavy atom. The highest BCUT2D eigenvalue weighted by Crippen LogP contribution is 2.21. The fraction of sp³-hybridized carbons (Fsp3) is 0.545. The first kappa shape index (κ1) is 14.8. The molecule has 0 radical (unpaired) electrons. The molecule has 20 heavy (non-hydrogen) atoms. The number of aliphatic hydroxyl groups excluding tert-OH is 1. The van der Waals surface area contributed by atoms with Gasteiger partial charge in [0.25, 0.3) is 0 Å². The van der Waals surface area contributed by atoms with E-state index in [9.17, 15) is 23.6 Å². The Bertz CT molecular complexity index is 587. The van der Waals surface area contributed by atoms with Crippen molar-refractivity contribution in [3.05, 3.63) is 28.4 Å². The molecule has 0 aromatic carbocycles. The van der Waals surface area contributed by atoms with E-state index in [1.54, 1.807) is 0 Å². The fourth-order valence-electron chi connectivity index (χ4n) is 2.16. The molecule has 1 saturated carbocycles. The average Bonchev–Trinajstić information content (AvgIpc) is 2.41. The molecule has 1 fully saturated rings. The highest BCUT2D eigenvalue weighted by molar-refractivity contribution is 7.89. The van der Waals surface area contributed by atoms with Crippen molar-refractivity contribution in [3.8, 4) is 0 Å². The minimum atomic E-state index is -3.83. The quantitative estimate of drug-likeness (QED) is 0.619. The van der Waals surface area contributed by atoms with E-state index in [0.29, 0.717) is 12.8 Å². The van der Waals surface area contributed by atoms with Crippen LogP contribution in [-0.2, 0) is 10.0 Å². The summed E-state index contributed by atoms with van der Waals surface area (Å²) in [4.78, 5) is 13.1. The van der Waals surface area contributed by atoms with Crippen LogP contribution in [0.4, 0.5) is 5.82 Å². The summed E-state index contributed by atoms with van der Waals surface area (Å²) in [6.07, 6.45) is 3.09. The van der Waals surface area contributed by atoms with E-state index < -0.39 is 32.9 Å². The van der Waals surface area contributed by atoms with E-state index in [0.717, 1.165) is 31.2 Å². The van der Waals surface area contributed by atoms with E-state index in [4.69, 9.17) is 0 Å². The van der Waals surface area contributed by atoms with E-state index in [1.165, 1.54) is 0 Å². The summed E-state index contributed by atoms with van der Waals surface area (Å²) < 4.78 is 26.6. The average molecular weight is 301 g/mol. The normalized spacial score (nSPS) is 23.4. The molecule has 2 rings (SSSR count). The predicted molar refractivity (Wildman–Crippen MR) is 69.5 cm³/mol. The lowest BCUT2D eigenvalue weighted by Gasteiger charge is -2.27. The van der Waals surface area contributed by atoms with Crippen LogP contribution in [0.15, 0.2) is 23.2 Å². The molecule has 0 saturated heterocycles. The van der Waals surface area contributed by atoms with Gasteiger partial charge in [0.2, 0.25) is 10.0 Å². The molecule has 1 aliphatic carbocycles. The van der Waals surface area contributed by atoms with Gasteiger partial charge in [-0.25, -0.2) is 13.1 Å². The highest BCUT2D eigenvalue weighted by atomic mass is 32.2. The lowest BCUT2D eigenvalue weighted by Crippen LogP contribution is -2.44. The number of nitrogens with zero attached hydrogens (tertiary/aromatic N) is 2. The zero-order valence-corrected chi connectivity index (χ0v) is 11.4. The zero-order valence-electron chi connectivity index (χ0n) is 10.6. The van der Waals surface area contributed by atoms with E-state index >= 15 is 0 Å². The van der Waals surface area contributed by atoms with Crippen LogP contribution in [0.1, 0.15) is 25.7 Å². The molecule has 9 heteroatoms. The van der Waals surface area contributed by atoms with Gasteiger partial charge in [-0.1, -0.05) is 12.8 Å².